The Bertz CT molecular complexity index is 822. The van der Waals surface area contributed by atoms with Gasteiger partial charge >= 0.3 is 0 Å². The second-order valence-electron chi connectivity index (χ2n) is 7.88. The molecule has 28 heavy (non-hydrogen) atoms. The lowest BCUT2D eigenvalue weighted by molar-refractivity contribution is -0.134. The van der Waals surface area contributed by atoms with Crippen molar-refractivity contribution >= 4 is 5.91 Å². The highest BCUT2D eigenvalue weighted by atomic mass is 19.1. The molecule has 0 radical (unpaired) electrons. The van der Waals surface area contributed by atoms with Gasteiger partial charge in [0.15, 0.2) is 0 Å². The van der Waals surface area contributed by atoms with Crippen molar-refractivity contribution in [2.24, 2.45) is 0 Å². The topological polar surface area (TPSA) is 43.8 Å². The molecule has 2 aromatic rings. The summed E-state index contributed by atoms with van der Waals surface area (Å²) >= 11 is 0. The Kier molecular flexibility index (Phi) is 5.47. The fourth-order valence-corrected chi connectivity index (χ4v) is 4.77. The second-order valence-corrected chi connectivity index (χ2v) is 7.88. The third kappa shape index (κ3) is 3.56. The maximum atomic E-state index is 13.2. The number of rotatable bonds is 3. The van der Waals surface area contributed by atoms with Crippen molar-refractivity contribution in [1.82, 2.24) is 9.80 Å². The number of benzene rings is 2. The smallest absolute Gasteiger partial charge is 0.219 e. The summed E-state index contributed by atoms with van der Waals surface area (Å²) in [5.74, 6) is 0.104. The van der Waals surface area contributed by atoms with Crippen LogP contribution in [0.2, 0.25) is 0 Å². The van der Waals surface area contributed by atoms with Gasteiger partial charge in [-0.15, -0.1) is 0 Å². The highest BCUT2D eigenvalue weighted by molar-refractivity contribution is 5.73. The van der Waals surface area contributed by atoms with Crippen LogP contribution in [-0.4, -0.2) is 59.1 Å². The zero-order valence-corrected chi connectivity index (χ0v) is 16.2. The van der Waals surface area contributed by atoms with Gasteiger partial charge in [-0.05, 0) is 48.2 Å². The lowest BCUT2D eigenvalue weighted by Crippen LogP contribution is -2.67. The molecule has 2 aliphatic heterocycles. The monoisotopic (exact) mass is 382 g/mol. The summed E-state index contributed by atoms with van der Waals surface area (Å²) < 4.78 is 13.2. The second kappa shape index (κ2) is 8.02. The van der Waals surface area contributed by atoms with Gasteiger partial charge in [-0.2, -0.15) is 0 Å². The van der Waals surface area contributed by atoms with E-state index in [-0.39, 0.29) is 36.3 Å². The van der Waals surface area contributed by atoms with Crippen molar-refractivity contribution in [1.29, 1.82) is 0 Å². The summed E-state index contributed by atoms with van der Waals surface area (Å²) in [5.41, 5.74) is 3.22. The number of halogens is 1. The van der Waals surface area contributed by atoms with Crippen molar-refractivity contribution in [3.05, 3.63) is 59.9 Å². The van der Waals surface area contributed by atoms with Gasteiger partial charge in [-0.3, -0.25) is 9.69 Å². The molecule has 3 atom stereocenters. The molecule has 0 aliphatic carbocycles. The van der Waals surface area contributed by atoms with Crippen LogP contribution < -0.4 is 0 Å². The van der Waals surface area contributed by atoms with Crippen molar-refractivity contribution in [3.63, 3.8) is 0 Å². The van der Waals surface area contributed by atoms with Crippen LogP contribution in [0.5, 0.6) is 0 Å². The van der Waals surface area contributed by atoms with Gasteiger partial charge in [0.2, 0.25) is 5.91 Å². The molecule has 2 saturated heterocycles. The van der Waals surface area contributed by atoms with Crippen molar-refractivity contribution in [2.75, 3.05) is 26.2 Å². The van der Waals surface area contributed by atoms with Gasteiger partial charge in [0.05, 0.1) is 6.61 Å². The van der Waals surface area contributed by atoms with E-state index in [1.165, 1.54) is 17.7 Å². The van der Waals surface area contributed by atoms with E-state index in [2.05, 4.69) is 29.2 Å². The van der Waals surface area contributed by atoms with E-state index >= 15 is 0 Å². The summed E-state index contributed by atoms with van der Waals surface area (Å²) in [6, 6.07) is 15.2. The lowest BCUT2D eigenvalue weighted by atomic mass is 9.74. The number of fused-ring (bicyclic) bond motifs is 1. The maximum Gasteiger partial charge on any atom is 0.219 e. The SMILES string of the molecule is CC(=O)N1CCCCN2[C@H](CO)[C@H](c3ccc(-c4ccc(F)cc4)cc3)[C@H]2C1. The van der Waals surface area contributed by atoms with E-state index in [0.717, 1.165) is 43.6 Å². The largest absolute Gasteiger partial charge is 0.395 e. The van der Waals surface area contributed by atoms with Crippen molar-refractivity contribution in [2.45, 2.75) is 37.8 Å². The van der Waals surface area contributed by atoms with Gasteiger partial charge < -0.3 is 10.0 Å². The number of carbonyl (C=O) groups excluding carboxylic acids is 1. The van der Waals surface area contributed by atoms with Gasteiger partial charge in [-0.1, -0.05) is 36.4 Å². The number of carbonyl (C=O) groups is 1. The molecule has 0 spiro atoms. The Hall–Kier alpha value is -2.24. The molecule has 1 amide bonds. The molecule has 0 unspecified atom stereocenters. The highest BCUT2D eigenvalue weighted by Gasteiger charge is 2.49. The fourth-order valence-electron chi connectivity index (χ4n) is 4.77. The number of nitrogens with zero attached hydrogens (tertiary/aromatic N) is 2. The van der Waals surface area contributed by atoms with E-state index in [1.54, 1.807) is 19.1 Å². The van der Waals surface area contributed by atoms with Crippen LogP contribution >= 0.6 is 0 Å². The van der Waals surface area contributed by atoms with E-state index in [0.29, 0.717) is 0 Å². The normalized spacial score (nSPS) is 25.4. The Balaban J connectivity index is 1.57. The van der Waals surface area contributed by atoms with E-state index in [4.69, 9.17) is 0 Å². The van der Waals surface area contributed by atoms with E-state index in [9.17, 15) is 14.3 Å². The zero-order valence-electron chi connectivity index (χ0n) is 16.2. The predicted molar refractivity (Wildman–Crippen MR) is 107 cm³/mol. The van der Waals surface area contributed by atoms with Crippen LogP contribution in [0.25, 0.3) is 11.1 Å². The number of aliphatic hydroxyl groups is 1. The van der Waals surface area contributed by atoms with Crippen LogP contribution in [0.4, 0.5) is 4.39 Å². The van der Waals surface area contributed by atoms with Gasteiger partial charge in [0, 0.05) is 38.0 Å². The quantitative estimate of drug-likeness (QED) is 0.886. The minimum Gasteiger partial charge on any atom is -0.395 e. The predicted octanol–water partition coefficient (Wildman–Crippen LogP) is 3.26. The summed E-state index contributed by atoms with van der Waals surface area (Å²) in [6.45, 7) is 4.28. The average molecular weight is 382 g/mol. The van der Waals surface area contributed by atoms with E-state index in [1.807, 2.05) is 4.90 Å². The zero-order chi connectivity index (χ0) is 19.7. The Morgan fingerprint density at radius 3 is 2.25 bits per heavy atom. The first-order valence-electron chi connectivity index (χ1n) is 10.1. The van der Waals surface area contributed by atoms with Crippen molar-refractivity contribution < 1.29 is 14.3 Å². The highest BCUT2D eigenvalue weighted by Crippen LogP contribution is 2.42. The molecule has 1 N–H and O–H groups in total. The first-order chi connectivity index (χ1) is 13.6. The van der Waals surface area contributed by atoms with Gasteiger partial charge in [-0.25, -0.2) is 4.39 Å². The summed E-state index contributed by atoms with van der Waals surface area (Å²) in [5, 5.41) is 9.99. The fraction of sp³-hybridized carbons (Fsp3) is 0.435. The third-order valence-electron chi connectivity index (χ3n) is 6.29. The average Bonchev–Trinajstić information content (AvgIpc) is 2.67. The molecule has 2 aliphatic rings. The number of hydrogen-bond acceptors (Lipinski definition) is 3. The molecule has 4 rings (SSSR count). The van der Waals surface area contributed by atoms with Crippen molar-refractivity contribution in [3.8, 4) is 11.1 Å². The number of amides is 1. The molecule has 2 heterocycles. The molecule has 0 aromatic heterocycles. The molecule has 0 saturated carbocycles. The third-order valence-corrected chi connectivity index (χ3v) is 6.29. The molecule has 2 fully saturated rings. The van der Waals surface area contributed by atoms with Crippen LogP contribution in [0.15, 0.2) is 48.5 Å². The first-order valence-corrected chi connectivity index (χ1v) is 10.1. The minimum atomic E-state index is -0.236. The van der Waals surface area contributed by atoms with Crippen LogP contribution in [0.3, 0.4) is 0 Å². The van der Waals surface area contributed by atoms with E-state index < -0.39 is 0 Å². The minimum absolute atomic E-state index is 0.105. The molecule has 148 valence electrons. The summed E-state index contributed by atoms with van der Waals surface area (Å²) in [6.07, 6.45) is 2.06. The number of aliphatic hydroxyl groups excluding tert-OH is 1. The molecule has 4 nitrogen and oxygen atoms in total. The Labute approximate surface area is 165 Å². The lowest BCUT2D eigenvalue weighted by Gasteiger charge is -2.57. The summed E-state index contributed by atoms with van der Waals surface area (Å²) in [7, 11) is 0. The van der Waals surface area contributed by atoms with Crippen LogP contribution in [0, 0.1) is 5.82 Å². The first kappa shape index (κ1) is 19.1. The van der Waals surface area contributed by atoms with Gasteiger partial charge in [0.1, 0.15) is 5.82 Å². The van der Waals surface area contributed by atoms with Crippen LogP contribution in [0.1, 0.15) is 31.2 Å². The Morgan fingerprint density at radius 1 is 1.04 bits per heavy atom. The summed E-state index contributed by atoms with van der Waals surface area (Å²) in [4.78, 5) is 16.3. The standard InChI is InChI=1S/C23H27FN2O2/c1-16(28)25-12-2-3-13-26-21(14-25)23(22(26)15-27)19-6-4-17(5-7-19)18-8-10-20(24)11-9-18/h4-11,21-23,27H,2-3,12-15H2,1H3/t21-,22-,23-/m1/s1. The van der Waals surface area contributed by atoms with Crippen LogP contribution in [-0.2, 0) is 4.79 Å². The molecule has 2 aromatic carbocycles. The molecular formula is C23H27FN2O2. The molecular weight excluding hydrogens is 355 g/mol. The Morgan fingerprint density at radius 2 is 1.64 bits per heavy atom. The maximum absolute atomic E-state index is 13.2. The molecule has 0 bridgehead atoms. The molecule has 5 heteroatoms. The van der Waals surface area contributed by atoms with Gasteiger partial charge in [0.25, 0.3) is 0 Å². The number of hydrogen-bond donors (Lipinski definition) is 1.